The standard InChI is InChI=1S/C16H21IN4O3/c1-15(2,3)24-14(23)20-16(6-7-16)12(22)21(11-4-5-11)13-18-8-10(17)9-19-13/h8-9,11H,4-7H2,1-3H3,(H,20,23). The lowest BCUT2D eigenvalue weighted by Crippen LogP contribution is -2.53. The average molecular weight is 444 g/mol. The fourth-order valence-corrected chi connectivity index (χ4v) is 2.71. The van der Waals surface area contributed by atoms with Gasteiger partial charge >= 0.3 is 6.09 Å². The van der Waals surface area contributed by atoms with Crippen molar-refractivity contribution in [1.82, 2.24) is 15.3 Å². The first kappa shape index (κ1) is 17.4. The molecule has 0 saturated heterocycles. The molecule has 1 N–H and O–H groups in total. The fraction of sp³-hybridized carbons (Fsp3) is 0.625. The molecule has 2 aliphatic rings. The summed E-state index contributed by atoms with van der Waals surface area (Å²) in [5.41, 5.74) is -1.48. The maximum atomic E-state index is 13.1. The molecule has 0 aromatic carbocycles. The van der Waals surface area contributed by atoms with Gasteiger partial charge in [-0.05, 0) is 69.0 Å². The van der Waals surface area contributed by atoms with Crippen LogP contribution in [0.5, 0.6) is 0 Å². The monoisotopic (exact) mass is 444 g/mol. The third-order valence-corrected chi connectivity index (χ3v) is 4.41. The Hall–Kier alpha value is -1.45. The van der Waals surface area contributed by atoms with Gasteiger partial charge in [-0.2, -0.15) is 0 Å². The highest BCUT2D eigenvalue weighted by Crippen LogP contribution is 2.41. The maximum Gasteiger partial charge on any atom is 0.408 e. The first-order valence-corrected chi connectivity index (χ1v) is 9.10. The third-order valence-electron chi connectivity index (χ3n) is 3.85. The number of carbonyl (C=O) groups excluding carboxylic acids is 2. The van der Waals surface area contributed by atoms with E-state index in [1.807, 2.05) is 0 Å². The summed E-state index contributed by atoms with van der Waals surface area (Å²) in [6.07, 6.45) is 5.90. The highest BCUT2D eigenvalue weighted by molar-refractivity contribution is 14.1. The van der Waals surface area contributed by atoms with Crippen molar-refractivity contribution in [1.29, 1.82) is 0 Å². The Morgan fingerprint density at radius 1 is 1.29 bits per heavy atom. The lowest BCUT2D eigenvalue weighted by molar-refractivity contribution is -0.121. The minimum absolute atomic E-state index is 0.121. The van der Waals surface area contributed by atoms with Crippen LogP contribution in [-0.2, 0) is 9.53 Å². The van der Waals surface area contributed by atoms with E-state index in [9.17, 15) is 9.59 Å². The van der Waals surface area contributed by atoms with Crippen LogP contribution >= 0.6 is 22.6 Å². The molecule has 1 aromatic heterocycles. The van der Waals surface area contributed by atoms with Gasteiger partial charge in [0.15, 0.2) is 0 Å². The number of hydrogen-bond donors (Lipinski definition) is 1. The van der Waals surface area contributed by atoms with Gasteiger partial charge in [-0.3, -0.25) is 9.69 Å². The molecule has 0 aliphatic heterocycles. The first-order chi connectivity index (χ1) is 11.2. The van der Waals surface area contributed by atoms with E-state index in [-0.39, 0.29) is 11.9 Å². The number of ether oxygens (including phenoxy) is 1. The van der Waals surface area contributed by atoms with Crippen LogP contribution in [0, 0.1) is 3.57 Å². The molecule has 0 atom stereocenters. The van der Waals surface area contributed by atoms with Gasteiger partial charge in [0.05, 0.1) is 0 Å². The van der Waals surface area contributed by atoms with Crippen LogP contribution < -0.4 is 10.2 Å². The van der Waals surface area contributed by atoms with E-state index in [1.54, 1.807) is 38.1 Å². The number of halogens is 1. The molecule has 2 saturated carbocycles. The molecule has 1 heterocycles. The summed E-state index contributed by atoms with van der Waals surface area (Å²) in [7, 11) is 0. The molecule has 130 valence electrons. The topological polar surface area (TPSA) is 84.4 Å². The molecular weight excluding hydrogens is 423 g/mol. The number of alkyl carbamates (subject to hydrolysis) is 1. The van der Waals surface area contributed by atoms with Crippen molar-refractivity contribution in [2.45, 2.75) is 63.6 Å². The summed E-state index contributed by atoms with van der Waals surface area (Å²) in [6, 6.07) is 0.121. The number of carbonyl (C=O) groups is 2. The summed E-state index contributed by atoms with van der Waals surface area (Å²) in [5.74, 6) is 0.261. The number of rotatable bonds is 4. The van der Waals surface area contributed by atoms with E-state index < -0.39 is 17.2 Å². The molecular formula is C16H21IN4O3. The van der Waals surface area contributed by atoms with Crippen LogP contribution in [0.2, 0.25) is 0 Å². The highest BCUT2D eigenvalue weighted by Gasteiger charge is 2.56. The van der Waals surface area contributed by atoms with Crippen LogP contribution in [0.1, 0.15) is 46.5 Å². The van der Waals surface area contributed by atoms with Gasteiger partial charge in [0.2, 0.25) is 5.95 Å². The molecule has 0 bridgehead atoms. The lowest BCUT2D eigenvalue weighted by Gasteiger charge is -2.27. The van der Waals surface area contributed by atoms with E-state index >= 15 is 0 Å². The van der Waals surface area contributed by atoms with Gasteiger partial charge in [-0.15, -0.1) is 0 Å². The zero-order chi connectivity index (χ0) is 17.5. The Morgan fingerprint density at radius 3 is 2.33 bits per heavy atom. The van der Waals surface area contributed by atoms with Crippen molar-refractivity contribution in [3.8, 4) is 0 Å². The summed E-state index contributed by atoms with van der Waals surface area (Å²) >= 11 is 2.13. The predicted octanol–water partition coefficient (Wildman–Crippen LogP) is 2.63. The molecule has 7 nitrogen and oxygen atoms in total. The van der Waals surface area contributed by atoms with Gasteiger partial charge < -0.3 is 10.1 Å². The number of amides is 2. The fourth-order valence-electron chi connectivity index (χ4n) is 2.43. The van der Waals surface area contributed by atoms with Crippen LogP contribution in [0.3, 0.4) is 0 Å². The van der Waals surface area contributed by atoms with Gasteiger partial charge in [-0.25, -0.2) is 14.8 Å². The molecule has 2 aliphatic carbocycles. The zero-order valence-electron chi connectivity index (χ0n) is 14.0. The Morgan fingerprint density at radius 2 is 1.88 bits per heavy atom. The number of aromatic nitrogens is 2. The van der Waals surface area contributed by atoms with Gasteiger partial charge in [0.1, 0.15) is 11.1 Å². The molecule has 0 spiro atoms. The van der Waals surface area contributed by atoms with E-state index in [0.29, 0.717) is 18.8 Å². The second kappa shape index (κ2) is 6.12. The number of nitrogens with zero attached hydrogens (tertiary/aromatic N) is 3. The number of hydrogen-bond acceptors (Lipinski definition) is 5. The van der Waals surface area contributed by atoms with E-state index in [4.69, 9.17) is 4.74 Å². The van der Waals surface area contributed by atoms with Crippen molar-refractivity contribution in [2.75, 3.05) is 4.90 Å². The summed E-state index contributed by atoms with van der Waals surface area (Å²) < 4.78 is 6.20. The molecule has 0 unspecified atom stereocenters. The lowest BCUT2D eigenvalue weighted by atomic mass is 10.2. The normalized spacial score (nSPS) is 18.7. The SMILES string of the molecule is CC(C)(C)OC(=O)NC1(C(=O)N(c2ncc(I)cn2)C2CC2)CC1. The van der Waals surface area contributed by atoms with Crippen LogP contribution in [0.25, 0.3) is 0 Å². The summed E-state index contributed by atoms with van der Waals surface area (Å²) in [4.78, 5) is 35.3. The van der Waals surface area contributed by atoms with E-state index in [1.165, 1.54) is 0 Å². The molecule has 1 aromatic rings. The van der Waals surface area contributed by atoms with Gasteiger partial charge in [0.25, 0.3) is 5.91 Å². The van der Waals surface area contributed by atoms with E-state index in [0.717, 1.165) is 16.4 Å². The molecule has 24 heavy (non-hydrogen) atoms. The van der Waals surface area contributed by atoms with Crippen LogP contribution in [0.15, 0.2) is 12.4 Å². The molecule has 3 rings (SSSR count). The van der Waals surface area contributed by atoms with Crippen molar-refractivity contribution in [2.24, 2.45) is 0 Å². The first-order valence-electron chi connectivity index (χ1n) is 8.03. The van der Waals surface area contributed by atoms with Crippen molar-refractivity contribution >= 4 is 40.5 Å². The Bertz CT molecular complexity index is 648. The molecule has 2 amide bonds. The van der Waals surface area contributed by atoms with Crippen molar-refractivity contribution < 1.29 is 14.3 Å². The Labute approximate surface area is 154 Å². The zero-order valence-corrected chi connectivity index (χ0v) is 16.2. The Balaban J connectivity index is 1.75. The van der Waals surface area contributed by atoms with E-state index in [2.05, 4.69) is 37.9 Å². The second-order valence-corrected chi connectivity index (χ2v) is 8.56. The predicted molar refractivity (Wildman–Crippen MR) is 96.6 cm³/mol. The largest absolute Gasteiger partial charge is 0.444 e. The van der Waals surface area contributed by atoms with Crippen LogP contribution in [-0.4, -0.2) is 39.2 Å². The number of nitrogens with one attached hydrogen (secondary N) is 1. The molecule has 2 fully saturated rings. The summed E-state index contributed by atoms with van der Waals surface area (Å²) in [6.45, 7) is 5.39. The highest BCUT2D eigenvalue weighted by atomic mass is 127. The van der Waals surface area contributed by atoms with Gasteiger partial charge in [0, 0.05) is 22.0 Å². The van der Waals surface area contributed by atoms with Crippen LogP contribution in [0.4, 0.5) is 10.7 Å². The third kappa shape index (κ3) is 3.96. The average Bonchev–Trinajstić information content (AvgIpc) is 3.34. The molecule has 0 radical (unpaired) electrons. The Kier molecular flexibility index (Phi) is 4.43. The summed E-state index contributed by atoms with van der Waals surface area (Å²) in [5, 5.41) is 2.76. The minimum atomic E-state index is -0.878. The minimum Gasteiger partial charge on any atom is -0.444 e. The maximum absolute atomic E-state index is 13.1. The second-order valence-electron chi connectivity index (χ2n) is 7.32. The van der Waals surface area contributed by atoms with Crippen molar-refractivity contribution in [3.63, 3.8) is 0 Å². The van der Waals surface area contributed by atoms with Gasteiger partial charge in [-0.1, -0.05) is 0 Å². The quantitative estimate of drug-likeness (QED) is 0.722. The number of anilines is 1. The molecule has 8 heteroatoms. The van der Waals surface area contributed by atoms with Crippen molar-refractivity contribution in [3.05, 3.63) is 16.0 Å². The smallest absolute Gasteiger partial charge is 0.408 e.